The molecule has 2 fully saturated rings. The highest BCUT2D eigenvalue weighted by Crippen LogP contribution is 2.31. The number of aliphatic hydroxyl groups is 5. The summed E-state index contributed by atoms with van der Waals surface area (Å²) in [7, 11) is 0. The number of hydrogen-bond acceptors (Lipinski definition) is 12. The molecular formula is C32H58O13. The Morgan fingerprint density at radius 1 is 0.644 bits per heavy atom. The van der Waals surface area contributed by atoms with E-state index in [4.69, 9.17) is 23.7 Å². The highest BCUT2D eigenvalue weighted by atomic mass is 16.8. The lowest BCUT2D eigenvalue weighted by Gasteiger charge is -2.46. The molecule has 2 aliphatic heterocycles. The molecule has 264 valence electrons. The number of unbranched alkanes of at least 4 members (excludes halogenated alkanes) is 8. The number of carboxylic acids is 1. The molecule has 6 N–H and O–H groups in total. The van der Waals surface area contributed by atoms with E-state index < -0.39 is 85.6 Å². The van der Waals surface area contributed by atoms with Crippen LogP contribution in [0.3, 0.4) is 0 Å². The quantitative estimate of drug-likeness (QED) is 0.0782. The maximum absolute atomic E-state index is 13.1. The van der Waals surface area contributed by atoms with Crippen LogP contribution in [0.2, 0.25) is 0 Å². The van der Waals surface area contributed by atoms with Gasteiger partial charge in [-0.25, -0.2) is 0 Å². The lowest BCUT2D eigenvalue weighted by molar-refractivity contribution is -0.366. The second-order valence-electron chi connectivity index (χ2n) is 12.6. The van der Waals surface area contributed by atoms with E-state index in [0.29, 0.717) is 12.8 Å². The van der Waals surface area contributed by atoms with Crippen LogP contribution < -0.4 is 0 Å². The van der Waals surface area contributed by atoms with Crippen molar-refractivity contribution in [2.24, 2.45) is 0 Å². The van der Waals surface area contributed by atoms with E-state index in [-0.39, 0.29) is 12.8 Å². The SMILES string of the molecule is CCCCCCC[C@H](CC(=O)O)OC(=O)C[C@@H](CCCCCCC)O[C@@H]1O[C@@H](C)[C@H](O)[C@@H](O)[C@@H]1O[C@@H]1O[C@@H](C)[C@H](O)[C@@H](O)[C@@H]1O. The fourth-order valence-corrected chi connectivity index (χ4v) is 5.71. The summed E-state index contributed by atoms with van der Waals surface area (Å²) in [6.07, 6.45) is -5.07. The molecule has 0 spiro atoms. The average molecular weight is 651 g/mol. The van der Waals surface area contributed by atoms with Crippen LogP contribution in [0.4, 0.5) is 0 Å². The summed E-state index contributed by atoms with van der Waals surface area (Å²) in [6.45, 7) is 7.24. The molecule has 0 saturated carbocycles. The van der Waals surface area contributed by atoms with Crippen molar-refractivity contribution in [1.82, 2.24) is 0 Å². The summed E-state index contributed by atoms with van der Waals surface area (Å²) in [4.78, 5) is 24.6. The summed E-state index contributed by atoms with van der Waals surface area (Å²) in [5.74, 6) is -1.67. The molecule has 0 aromatic rings. The third kappa shape index (κ3) is 13.3. The van der Waals surface area contributed by atoms with Crippen LogP contribution in [-0.2, 0) is 33.3 Å². The standard InChI is InChI=1S/C32H58O13/c1-5-7-9-11-13-15-21(17-23(33)34)43-24(35)18-22(16-14-12-10-8-6-2)44-32-30(28(39)26(37)20(4)42-32)45-31-29(40)27(38)25(36)19(3)41-31/h19-22,25-32,36-40H,5-18H2,1-4H3,(H,33,34)/t19-,20-,21+,22+,25-,26-,27+,28+,29-,30-,31-,32-/m0/s1. The minimum absolute atomic E-state index is 0.205. The summed E-state index contributed by atoms with van der Waals surface area (Å²) < 4.78 is 29.1. The summed E-state index contributed by atoms with van der Waals surface area (Å²) in [6, 6.07) is 0. The van der Waals surface area contributed by atoms with Crippen LogP contribution >= 0.6 is 0 Å². The first-order chi connectivity index (χ1) is 21.4. The van der Waals surface area contributed by atoms with Crippen molar-refractivity contribution in [3.8, 4) is 0 Å². The molecule has 0 bridgehead atoms. The average Bonchev–Trinajstić information content (AvgIpc) is 2.98. The van der Waals surface area contributed by atoms with Gasteiger partial charge in [-0.05, 0) is 33.1 Å². The second-order valence-corrected chi connectivity index (χ2v) is 12.6. The smallest absolute Gasteiger partial charge is 0.308 e. The van der Waals surface area contributed by atoms with Gasteiger partial charge in [-0.1, -0.05) is 71.6 Å². The number of ether oxygens (including phenoxy) is 5. The molecule has 2 rings (SSSR count). The normalized spacial score (nSPS) is 33.4. The summed E-state index contributed by atoms with van der Waals surface area (Å²) in [5, 5.41) is 61.7. The van der Waals surface area contributed by atoms with Gasteiger partial charge in [0.1, 0.15) is 42.7 Å². The number of aliphatic carboxylic acids is 1. The molecule has 13 heteroatoms. The zero-order chi connectivity index (χ0) is 33.5. The lowest BCUT2D eigenvalue weighted by atomic mass is 9.97. The van der Waals surface area contributed by atoms with Gasteiger partial charge in [0.2, 0.25) is 0 Å². The van der Waals surface area contributed by atoms with E-state index in [2.05, 4.69) is 13.8 Å². The van der Waals surface area contributed by atoms with Crippen molar-refractivity contribution >= 4 is 11.9 Å². The Bertz CT molecular complexity index is 844. The largest absolute Gasteiger partial charge is 0.481 e. The predicted molar refractivity (Wildman–Crippen MR) is 162 cm³/mol. The first-order valence-corrected chi connectivity index (χ1v) is 16.8. The highest BCUT2D eigenvalue weighted by molar-refractivity contribution is 5.72. The van der Waals surface area contributed by atoms with Crippen molar-refractivity contribution in [2.45, 2.75) is 191 Å². The monoisotopic (exact) mass is 650 g/mol. The molecule has 0 radical (unpaired) electrons. The van der Waals surface area contributed by atoms with Crippen LogP contribution in [0.1, 0.15) is 118 Å². The highest BCUT2D eigenvalue weighted by Gasteiger charge is 2.50. The van der Waals surface area contributed by atoms with Gasteiger partial charge in [-0.2, -0.15) is 0 Å². The minimum atomic E-state index is -1.67. The van der Waals surface area contributed by atoms with E-state index in [0.717, 1.165) is 64.2 Å². The van der Waals surface area contributed by atoms with Gasteiger partial charge in [0, 0.05) is 0 Å². The molecule has 0 aliphatic carbocycles. The molecule has 12 atom stereocenters. The Kier molecular flexibility index (Phi) is 18.3. The first kappa shape index (κ1) is 39.8. The Morgan fingerprint density at radius 3 is 1.71 bits per heavy atom. The summed E-state index contributed by atoms with van der Waals surface area (Å²) >= 11 is 0. The number of rotatable bonds is 21. The van der Waals surface area contributed by atoms with E-state index >= 15 is 0 Å². The predicted octanol–water partition coefficient (Wildman–Crippen LogP) is 2.55. The number of aliphatic hydroxyl groups excluding tert-OH is 5. The number of carbonyl (C=O) groups excluding carboxylic acids is 1. The Morgan fingerprint density at radius 2 is 1.16 bits per heavy atom. The fourth-order valence-electron chi connectivity index (χ4n) is 5.71. The molecule has 2 heterocycles. The molecule has 0 aromatic heterocycles. The number of carbonyl (C=O) groups is 2. The third-order valence-electron chi connectivity index (χ3n) is 8.56. The van der Waals surface area contributed by atoms with E-state index in [1.165, 1.54) is 6.92 Å². The third-order valence-corrected chi connectivity index (χ3v) is 8.56. The maximum Gasteiger partial charge on any atom is 0.308 e. The van der Waals surface area contributed by atoms with E-state index in [9.17, 15) is 40.2 Å². The van der Waals surface area contributed by atoms with Crippen LogP contribution in [0, 0.1) is 0 Å². The topological polar surface area (TPSA) is 202 Å². The Labute approximate surface area is 267 Å². The van der Waals surface area contributed by atoms with Crippen molar-refractivity contribution in [3.63, 3.8) is 0 Å². The van der Waals surface area contributed by atoms with Gasteiger partial charge in [0.25, 0.3) is 0 Å². The van der Waals surface area contributed by atoms with Crippen molar-refractivity contribution < 1.29 is 63.9 Å². The van der Waals surface area contributed by atoms with Gasteiger partial charge in [-0.15, -0.1) is 0 Å². The molecule has 2 aliphatic rings. The Balaban J connectivity index is 2.16. The van der Waals surface area contributed by atoms with Crippen LogP contribution in [0.15, 0.2) is 0 Å². The van der Waals surface area contributed by atoms with Gasteiger partial charge in [0.05, 0.1) is 31.2 Å². The van der Waals surface area contributed by atoms with Gasteiger partial charge in [-0.3, -0.25) is 9.59 Å². The van der Waals surface area contributed by atoms with Gasteiger partial charge >= 0.3 is 11.9 Å². The zero-order valence-electron chi connectivity index (χ0n) is 27.4. The van der Waals surface area contributed by atoms with E-state index in [1.54, 1.807) is 6.92 Å². The second kappa shape index (κ2) is 20.7. The summed E-state index contributed by atoms with van der Waals surface area (Å²) in [5.41, 5.74) is 0. The maximum atomic E-state index is 13.1. The molecular weight excluding hydrogens is 592 g/mol. The van der Waals surface area contributed by atoms with E-state index in [1.807, 2.05) is 0 Å². The minimum Gasteiger partial charge on any atom is -0.481 e. The first-order valence-electron chi connectivity index (χ1n) is 16.8. The van der Waals surface area contributed by atoms with Crippen molar-refractivity contribution in [3.05, 3.63) is 0 Å². The van der Waals surface area contributed by atoms with Gasteiger partial charge < -0.3 is 54.3 Å². The number of carboxylic acid groups (broad SMARTS) is 1. The van der Waals surface area contributed by atoms with Crippen LogP contribution in [0.25, 0.3) is 0 Å². The molecule has 2 saturated heterocycles. The zero-order valence-corrected chi connectivity index (χ0v) is 27.4. The Hall–Kier alpha value is -1.42. The number of hydrogen-bond donors (Lipinski definition) is 6. The van der Waals surface area contributed by atoms with Crippen LogP contribution in [0.5, 0.6) is 0 Å². The van der Waals surface area contributed by atoms with Crippen molar-refractivity contribution in [1.29, 1.82) is 0 Å². The lowest BCUT2D eigenvalue weighted by Crippen LogP contribution is -2.63. The number of esters is 1. The molecule has 0 amide bonds. The van der Waals surface area contributed by atoms with Gasteiger partial charge in [0.15, 0.2) is 12.6 Å². The molecule has 13 nitrogen and oxygen atoms in total. The molecule has 0 unspecified atom stereocenters. The fraction of sp³-hybridized carbons (Fsp3) is 0.938. The van der Waals surface area contributed by atoms with Crippen molar-refractivity contribution in [2.75, 3.05) is 0 Å². The molecule has 45 heavy (non-hydrogen) atoms. The molecule has 0 aromatic carbocycles. The van der Waals surface area contributed by atoms with Crippen LogP contribution in [-0.4, -0.2) is 116 Å².